The first-order valence-corrected chi connectivity index (χ1v) is 30.9. The number of carbonyl (C=O) groups is 3. The van der Waals surface area contributed by atoms with Crippen molar-refractivity contribution >= 4 is 82.2 Å². The second-order valence-corrected chi connectivity index (χ2v) is 28.6. The van der Waals surface area contributed by atoms with Crippen molar-refractivity contribution in [3.63, 3.8) is 0 Å². The first-order valence-electron chi connectivity index (χ1n) is 25.1. The summed E-state index contributed by atoms with van der Waals surface area (Å²) in [7, 11) is -12.7. The summed E-state index contributed by atoms with van der Waals surface area (Å²) in [6.45, 7) is -0.852. The quantitative estimate of drug-likeness (QED) is 0.177. The fourth-order valence-corrected chi connectivity index (χ4v) is 16.7. The highest BCUT2D eigenvalue weighted by molar-refractivity contribution is 7.92. The normalized spacial score (nSPS) is 26.8. The number of sulfonamides is 1. The average Bonchev–Trinajstić information content (AvgIpc) is 4.25. The predicted octanol–water partition coefficient (Wildman–Crippen LogP) is 4.76. The lowest BCUT2D eigenvalue weighted by atomic mass is 9.58. The second-order valence-electron chi connectivity index (χ2n) is 21.6. The van der Waals surface area contributed by atoms with Gasteiger partial charge in [-0.15, -0.1) is 20.4 Å². The van der Waals surface area contributed by atoms with Gasteiger partial charge >= 0.3 is 6.09 Å². The first kappa shape index (κ1) is 54.1. The number of hydrogen-bond donors (Lipinski definition) is 2. The van der Waals surface area contributed by atoms with E-state index in [0.29, 0.717) is 53.4 Å². The van der Waals surface area contributed by atoms with Crippen LogP contribution < -0.4 is 21.3 Å². The third-order valence-electron chi connectivity index (χ3n) is 16.1. The van der Waals surface area contributed by atoms with Crippen LogP contribution in [0.1, 0.15) is 48.6 Å². The number of rotatable bonds is 11. The predicted molar refractivity (Wildman–Crippen MR) is 282 cm³/mol. The highest BCUT2D eigenvalue weighted by Crippen LogP contribution is 2.54. The van der Waals surface area contributed by atoms with Crippen molar-refractivity contribution in [2.75, 3.05) is 54.6 Å². The van der Waals surface area contributed by atoms with Crippen LogP contribution in [-0.2, 0) is 67.9 Å². The number of nitrogens with zero attached hydrogens (tertiary/aromatic N) is 8. The summed E-state index contributed by atoms with van der Waals surface area (Å²) in [5.74, 6) is -5.27. The molecule has 4 aromatic carbocycles. The molecular formula is C51H48Cl2F2N10O12S3. The maximum Gasteiger partial charge on any atom is 0.409 e. The molecule has 4 bridgehead atoms. The topological polar surface area (TPSA) is 306 Å². The molecule has 6 fully saturated rings. The van der Waals surface area contributed by atoms with Gasteiger partial charge in [-0.2, -0.15) is 0 Å². The molecule has 1 unspecified atom stereocenters. The fraction of sp³-hybridized carbons (Fsp3) is 0.392. The summed E-state index contributed by atoms with van der Waals surface area (Å²) in [5.41, 5.74) is 10.8. The van der Waals surface area contributed by atoms with E-state index in [1.807, 2.05) is 0 Å². The molecule has 80 heavy (non-hydrogen) atoms. The third-order valence-corrected chi connectivity index (χ3v) is 21.8. The van der Waals surface area contributed by atoms with Gasteiger partial charge < -0.3 is 39.7 Å². The molecule has 8 aliphatic rings. The van der Waals surface area contributed by atoms with Crippen LogP contribution >= 0.6 is 23.2 Å². The van der Waals surface area contributed by atoms with E-state index in [1.165, 1.54) is 9.21 Å². The standard InChI is InChI=1S/C51H48Cl2F2N10O12S3/c1-78(69,70)63-19-29-16-51(17-29,25-63)48-61-59-44(77-48)33-11-38-40(13-35(33)55)80(73,74)41(42(57)46(67)65(38)21-27-4-8-31(53)9-5-27)22-75-49(68)62-18-28-14-50(15-28,24-62)47-60-58-43(76-47)32-10-37-39(12-34(32)54)79(71,72)23-36(56)45(66)64(37)20-26-2-6-30(52)7-3-26/h2-13,28-29,36,41-42H,14-25,56-57H2,1H3/t28?,29?,36-,41?,42-,50?,51?/m0/s1. The number of hydrogen-bond acceptors (Lipinski definition) is 18. The van der Waals surface area contributed by atoms with Crippen molar-refractivity contribution in [1.82, 2.24) is 29.6 Å². The maximum absolute atomic E-state index is 16.6. The van der Waals surface area contributed by atoms with Gasteiger partial charge in [-0.05, 0) is 97.2 Å². The minimum Gasteiger partial charge on any atom is -0.448 e. The van der Waals surface area contributed by atoms with Crippen molar-refractivity contribution in [3.8, 4) is 22.9 Å². The Morgan fingerprint density at radius 3 is 1.75 bits per heavy atom. The van der Waals surface area contributed by atoms with E-state index in [9.17, 15) is 39.6 Å². The molecule has 4 saturated heterocycles. The Kier molecular flexibility index (Phi) is 13.1. The van der Waals surface area contributed by atoms with Crippen molar-refractivity contribution in [2.45, 2.75) is 76.7 Å². The number of anilines is 2. The highest BCUT2D eigenvalue weighted by Gasteiger charge is 2.58. The van der Waals surface area contributed by atoms with Crippen molar-refractivity contribution in [2.24, 2.45) is 23.3 Å². The monoisotopic (exact) mass is 1200 g/mol. The van der Waals surface area contributed by atoms with Gasteiger partial charge in [-0.25, -0.2) is 43.1 Å². The van der Waals surface area contributed by atoms with Gasteiger partial charge in [0.05, 0.1) is 74.3 Å². The molecule has 2 aromatic heterocycles. The molecule has 2 aliphatic carbocycles. The fourth-order valence-electron chi connectivity index (χ4n) is 12.2. The lowest BCUT2D eigenvalue weighted by Crippen LogP contribution is -2.61. The number of piperidine rings is 4. The summed E-state index contributed by atoms with van der Waals surface area (Å²) < 4.78 is 133. The molecule has 0 spiro atoms. The van der Waals surface area contributed by atoms with Crippen LogP contribution in [0, 0.1) is 23.5 Å². The number of halogens is 4. The number of amides is 3. The van der Waals surface area contributed by atoms with Crippen molar-refractivity contribution in [3.05, 3.63) is 117 Å². The van der Waals surface area contributed by atoms with Crippen LogP contribution in [0.5, 0.6) is 0 Å². The molecule has 420 valence electrons. The number of benzene rings is 4. The van der Waals surface area contributed by atoms with E-state index < -0.39 is 110 Å². The summed E-state index contributed by atoms with van der Waals surface area (Å²) in [6, 6.07) is 13.2. The third kappa shape index (κ3) is 9.31. The Labute approximate surface area is 466 Å². The maximum atomic E-state index is 16.6. The second kappa shape index (κ2) is 19.3. The van der Waals surface area contributed by atoms with Gasteiger partial charge in [-0.1, -0.05) is 47.5 Å². The zero-order chi connectivity index (χ0) is 56.6. The zero-order valence-electron chi connectivity index (χ0n) is 42.2. The minimum atomic E-state index is -4.85. The molecule has 4 N–H and O–H groups in total. The van der Waals surface area contributed by atoms with Gasteiger partial charge in [-0.3, -0.25) is 9.59 Å². The SMILES string of the molecule is CS(=O)(=O)N1CC2CC(c3nnc(-c4cc5c(cc4F)S(=O)(=O)C(COC(=O)N4CC6CC(c7nnc(-c8cc9c(cc8F)S(=O)(=O)C[C@H](N)C(=O)N9Cc8ccc(Cl)cc8)o7)(C6)C4)[C@H](N)C(=O)N5Cc4ccc(Cl)cc4)o3)(C2)C1. The summed E-state index contributed by atoms with van der Waals surface area (Å²) in [4.78, 5) is 44.7. The molecule has 0 radical (unpaired) electrons. The van der Waals surface area contributed by atoms with Crippen LogP contribution in [0.2, 0.25) is 10.0 Å². The number of fused-ring (bicyclic) bond motifs is 6. The molecule has 6 aromatic rings. The van der Waals surface area contributed by atoms with E-state index in [1.54, 1.807) is 48.5 Å². The highest BCUT2D eigenvalue weighted by atomic mass is 35.5. The van der Waals surface area contributed by atoms with E-state index in [4.69, 9.17) is 48.2 Å². The van der Waals surface area contributed by atoms with Crippen LogP contribution in [0.25, 0.3) is 22.9 Å². The molecule has 2 saturated carbocycles. The van der Waals surface area contributed by atoms with Gasteiger partial charge in [0.15, 0.2) is 19.7 Å². The Morgan fingerprint density at radius 1 is 0.725 bits per heavy atom. The molecule has 8 heterocycles. The molecule has 3 atom stereocenters. The van der Waals surface area contributed by atoms with Gasteiger partial charge in [0, 0.05) is 36.2 Å². The van der Waals surface area contributed by atoms with Crippen LogP contribution in [0.15, 0.2) is 91.4 Å². The van der Waals surface area contributed by atoms with E-state index >= 15 is 8.78 Å². The number of ether oxygens (including phenoxy) is 1. The Hall–Kier alpha value is -6.46. The van der Waals surface area contributed by atoms with E-state index in [-0.39, 0.29) is 90.6 Å². The lowest BCUT2D eigenvalue weighted by Gasteiger charge is -2.53. The number of aromatic nitrogens is 4. The van der Waals surface area contributed by atoms with Crippen LogP contribution in [0.4, 0.5) is 25.0 Å². The van der Waals surface area contributed by atoms with E-state index in [0.717, 1.165) is 40.3 Å². The Bertz CT molecular complexity index is 3920. The summed E-state index contributed by atoms with van der Waals surface area (Å²) >= 11 is 12.2. The summed E-state index contributed by atoms with van der Waals surface area (Å²) in [6.07, 6.45) is 2.14. The summed E-state index contributed by atoms with van der Waals surface area (Å²) in [5, 5.41) is 15.5. The van der Waals surface area contributed by atoms with Gasteiger partial charge in [0.1, 0.15) is 29.5 Å². The molecule has 22 nitrogen and oxygen atoms in total. The number of nitrogens with two attached hydrogens (primary N) is 2. The largest absolute Gasteiger partial charge is 0.448 e. The zero-order valence-corrected chi connectivity index (χ0v) is 46.1. The molecule has 6 aliphatic heterocycles. The Morgan fingerprint density at radius 2 is 1.21 bits per heavy atom. The smallest absolute Gasteiger partial charge is 0.409 e. The van der Waals surface area contributed by atoms with Crippen molar-refractivity contribution in [1.29, 1.82) is 0 Å². The lowest BCUT2D eigenvalue weighted by molar-refractivity contribution is -0.120. The number of sulfone groups is 2. The van der Waals surface area contributed by atoms with Gasteiger partial charge in [0.2, 0.25) is 33.6 Å². The van der Waals surface area contributed by atoms with Crippen LogP contribution in [0.3, 0.4) is 0 Å². The molecule has 3 amide bonds. The minimum absolute atomic E-state index is 0.0118. The Balaban J connectivity index is 0.802. The van der Waals surface area contributed by atoms with Crippen LogP contribution in [-0.4, -0.2) is 135 Å². The number of carbonyl (C=O) groups excluding carboxylic acids is 3. The van der Waals surface area contributed by atoms with Gasteiger partial charge in [0.25, 0.3) is 11.8 Å². The van der Waals surface area contributed by atoms with Crippen molar-refractivity contribution < 1.29 is 62.0 Å². The molecule has 29 heteroatoms. The molecular weight excluding hydrogens is 1150 g/mol. The van der Waals surface area contributed by atoms with E-state index in [2.05, 4.69) is 20.4 Å². The first-order chi connectivity index (χ1) is 37.8. The molecule has 14 rings (SSSR count). The average molecular weight is 1200 g/mol.